The summed E-state index contributed by atoms with van der Waals surface area (Å²) in [6.45, 7) is 1.79. The first-order chi connectivity index (χ1) is 15.3. The lowest BCUT2D eigenvalue weighted by atomic mass is 9.94. The Balaban J connectivity index is 1.94. The summed E-state index contributed by atoms with van der Waals surface area (Å²) in [7, 11) is 1.53. The number of benzene rings is 3. The molecule has 0 bridgehead atoms. The maximum atomic E-state index is 13.5. The Labute approximate surface area is 183 Å². The van der Waals surface area contributed by atoms with E-state index in [2.05, 4.69) is 0 Å². The van der Waals surface area contributed by atoms with Gasteiger partial charge in [0, 0.05) is 11.3 Å². The Morgan fingerprint density at radius 3 is 2.38 bits per heavy atom. The molecule has 7 heteroatoms. The highest BCUT2D eigenvalue weighted by Crippen LogP contribution is 2.43. The molecule has 1 unspecified atom stereocenters. The lowest BCUT2D eigenvalue weighted by Crippen LogP contribution is -2.29. The van der Waals surface area contributed by atoms with E-state index < -0.39 is 23.5 Å². The first kappa shape index (κ1) is 21.1. The number of ketones is 1. The number of phenolic OH excluding ortho intramolecular Hbond substituents is 1. The summed E-state index contributed by atoms with van der Waals surface area (Å²) in [6, 6.07) is 15.1. The summed E-state index contributed by atoms with van der Waals surface area (Å²) in [6.07, 6.45) is 0. The van der Waals surface area contributed by atoms with Crippen LogP contribution >= 0.6 is 0 Å². The molecule has 162 valence electrons. The molecule has 0 aromatic heterocycles. The summed E-state index contributed by atoms with van der Waals surface area (Å²) in [5.74, 6) is -2.05. The molecular weight excluding hydrogens is 413 g/mol. The Kier molecular flexibility index (Phi) is 5.40. The smallest absolute Gasteiger partial charge is 0.300 e. The number of aryl methyl sites for hydroxylation is 1. The van der Waals surface area contributed by atoms with Crippen molar-refractivity contribution < 1.29 is 28.9 Å². The number of Topliss-reactive ketones (excluding diaryl/α,β-unsaturated/α-hetero) is 1. The summed E-state index contributed by atoms with van der Waals surface area (Å²) < 4.78 is 18.7. The number of aliphatic hydroxyl groups is 1. The van der Waals surface area contributed by atoms with E-state index in [9.17, 15) is 24.2 Å². The number of anilines is 1. The van der Waals surface area contributed by atoms with Gasteiger partial charge in [0.2, 0.25) is 0 Å². The quantitative estimate of drug-likeness (QED) is 0.360. The van der Waals surface area contributed by atoms with Crippen molar-refractivity contribution in [3.05, 3.63) is 94.8 Å². The molecule has 1 atom stereocenters. The molecule has 6 nitrogen and oxygen atoms in total. The number of nitrogens with zero attached hydrogens (tertiary/aromatic N) is 1. The highest BCUT2D eigenvalue weighted by molar-refractivity contribution is 6.51. The van der Waals surface area contributed by atoms with Gasteiger partial charge in [-0.05, 0) is 72.6 Å². The molecule has 4 rings (SSSR count). The number of aromatic hydroxyl groups is 1. The number of rotatable bonds is 4. The molecule has 3 aromatic carbocycles. The van der Waals surface area contributed by atoms with Crippen LogP contribution in [0.2, 0.25) is 0 Å². The highest BCUT2D eigenvalue weighted by atomic mass is 19.1. The van der Waals surface area contributed by atoms with Gasteiger partial charge in [-0.3, -0.25) is 14.5 Å². The average molecular weight is 433 g/mol. The van der Waals surface area contributed by atoms with Crippen molar-refractivity contribution in [2.75, 3.05) is 12.0 Å². The van der Waals surface area contributed by atoms with Crippen molar-refractivity contribution >= 4 is 23.1 Å². The fourth-order valence-corrected chi connectivity index (χ4v) is 3.89. The van der Waals surface area contributed by atoms with Gasteiger partial charge in [0.05, 0.1) is 18.7 Å². The van der Waals surface area contributed by atoms with Gasteiger partial charge in [0.25, 0.3) is 11.7 Å². The van der Waals surface area contributed by atoms with Gasteiger partial charge in [-0.15, -0.1) is 0 Å². The third-order valence-corrected chi connectivity index (χ3v) is 5.40. The number of ether oxygens (including phenoxy) is 1. The van der Waals surface area contributed by atoms with Crippen LogP contribution in [0.1, 0.15) is 22.7 Å². The molecule has 32 heavy (non-hydrogen) atoms. The van der Waals surface area contributed by atoms with Gasteiger partial charge in [-0.25, -0.2) is 4.39 Å². The van der Waals surface area contributed by atoms with Gasteiger partial charge in [-0.1, -0.05) is 12.1 Å². The predicted molar refractivity (Wildman–Crippen MR) is 117 cm³/mol. The fourth-order valence-electron chi connectivity index (χ4n) is 3.89. The van der Waals surface area contributed by atoms with Crippen molar-refractivity contribution in [1.29, 1.82) is 0 Å². The summed E-state index contributed by atoms with van der Waals surface area (Å²) in [5, 5.41) is 21.1. The number of phenols is 1. The van der Waals surface area contributed by atoms with Crippen LogP contribution in [-0.4, -0.2) is 29.0 Å². The second kappa shape index (κ2) is 8.19. The van der Waals surface area contributed by atoms with Gasteiger partial charge in [-0.2, -0.15) is 0 Å². The second-order valence-corrected chi connectivity index (χ2v) is 7.42. The van der Waals surface area contributed by atoms with Gasteiger partial charge >= 0.3 is 0 Å². The molecule has 0 aliphatic carbocycles. The topological polar surface area (TPSA) is 87.1 Å². The second-order valence-electron chi connectivity index (χ2n) is 7.42. The van der Waals surface area contributed by atoms with E-state index in [0.29, 0.717) is 16.9 Å². The molecule has 1 amide bonds. The summed E-state index contributed by atoms with van der Waals surface area (Å²) in [4.78, 5) is 27.3. The van der Waals surface area contributed by atoms with Crippen LogP contribution in [-0.2, 0) is 9.59 Å². The van der Waals surface area contributed by atoms with Crippen molar-refractivity contribution in [3.8, 4) is 11.5 Å². The van der Waals surface area contributed by atoms with Crippen molar-refractivity contribution in [2.24, 2.45) is 0 Å². The van der Waals surface area contributed by atoms with E-state index in [1.165, 1.54) is 48.4 Å². The molecule has 1 heterocycles. The maximum Gasteiger partial charge on any atom is 0.300 e. The minimum Gasteiger partial charge on any atom is -0.508 e. The number of aliphatic hydroxyl groups excluding tert-OH is 1. The molecule has 0 saturated carbocycles. The van der Waals surface area contributed by atoms with Gasteiger partial charge in [0.15, 0.2) is 0 Å². The third-order valence-electron chi connectivity index (χ3n) is 5.40. The molecule has 0 radical (unpaired) electrons. The average Bonchev–Trinajstić information content (AvgIpc) is 3.04. The van der Waals surface area contributed by atoms with E-state index in [-0.39, 0.29) is 22.8 Å². The Morgan fingerprint density at radius 2 is 1.75 bits per heavy atom. The molecule has 1 saturated heterocycles. The van der Waals surface area contributed by atoms with Crippen LogP contribution in [0, 0.1) is 12.7 Å². The summed E-state index contributed by atoms with van der Waals surface area (Å²) >= 11 is 0. The Morgan fingerprint density at radius 1 is 1.03 bits per heavy atom. The number of halogens is 1. The van der Waals surface area contributed by atoms with E-state index in [0.717, 1.165) is 5.56 Å². The minimum absolute atomic E-state index is 0.0625. The molecule has 1 fully saturated rings. The fraction of sp³-hybridized carbons (Fsp3) is 0.120. The molecule has 2 N–H and O–H groups in total. The van der Waals surface area contributed by atoms with E-state index in [1.807, 2.05) is 0 Å². The zero-order valence-corrected chi connectivity index (χ0v) is 17.4. The molecule has 1 aliphatic rings. The number of carbonyl (C=O) groups is 2. The van der Waals surface area contributed by atoms with Crippen LogP contribution in [0.3, 0.4) is 0 Å². The lowest BCUT2D eigenvalue weighted by molar-refractivity contribution is -0.132. The van der Waals surface area contributed by atoms with Crippen LogP contribution in [0.4, 0.5) is 10.1 Å². The first-order valence-corrected chi connectivity index (χ1v) is 9.82. The third kappa shape index (κ3) is 3.58. The number of carbonyl (C=O) groups excluding carboxylic acids is 2. The van der Waals surface area contributed by atoms with Crippen LogP contribution in [0.5, 0.6) is 11.5 Å². The van der Waals surface area contributed by atoms with Crippen molar-refractivity contribution in [2.45, 2.75) is 13.0 Å². The van der Waals surface area contributed by atoms with E-state index in [4.69, 9.17) is 4.74 Å². The SMILES string of the molecule is COc1ccc(/C(O)=C2/C(=O)C(=O)N(c3ccc(F)cc3)C2c2cccc(O)c2)cc1C. The molecule has 0 spiro atoms. The summed E-state index contributed by atoms with van der Waals surface area (Å²) in [5.41, 5.74) is 1.64. The van der Waals surface area contributed by atoms with E-state index >= 15 is 0 Å². The number of hydrogen-bond donors (Lipinski definition) is 2. The molecular formula is C25H20FNO5. The predicted octanol–water partition coefficient (Wildman–Crippen LogP) is 4.47. The van der Waals surface area contributed by atoms with Crippen molar-refractivity contribution in [1.82, 2.24) is 0 Å². The number of methoxy groups -OCH3 is 1. The van der Waals surface area contributed by atoms with Crippen LogP contribution < -0.4 is 9.64 Å². The zero-order valence-electron chi connectivity index (χ0n) is 17.4. The van der Waals surface area contributed by atoms with Crippen LogP contribution in [0.15, 0.2) is 72.3 Å². The monoisotopic (exact) mass is 433 g/mol. The zero-order chi connectivity index (χ0) is 23.0. The Bertz CT molecular complexity index is 1250. The minimum atomic E-state index is -1.02. The van der Waals surface area contributed by atoms with Gasteiger partial charge < -0.3 is 14.9 Å². The Hall–Kier alpha value is -4.13. The lowest BCUT2D eigenvalue weighted by Gasteiger charge is -2.25. The first-order valence-electron chi connectivity index (χ1n) is 9.82. The van der Waals surface area contributed by atoms with E-state index in [1.54, 1.807) is 37.3 Å². The number of amides is 1. The van der Waals surface area contributed by atoms with Crippen LogP contribution in [0.25, 0.3) is 5.76 Å². The normalized spacial score (nSPS) is 17.6. The standard InChI is InChI=1S/C25H20FNO5/c1-14-12-16(6-11-20(14)32-2)23(29)21-22(15-4-3-5-19(28)13-15)27(25(31)24(21)30)18-9-7-17(26)8-10-18/h3-13,22,28-29H,1-2H3/b23-21-. The van der Waals surface area contributed by atoms with Gasteiger partial charge in [0.1, 0.15) is 23.1 Å². The largest absolute Gasteiger partial charge is 0.508 e. The molecule has 3 aromatic rings. The maximum absolute atomic E-state index is 13.5. The highest BCUT2D eigenvalue weighted by Gasteiger charge is 2.47. The van der Waals surface area contributed by atoms with Crippen molar-refractivity contribution in [3.63, 3.8) is 0 Å². The number of hydrogen-bond acceptors (Lipinski definition) is 5. The molecule has 1 aliphatic heterocycles.